The second-order valence-corrected chi connectivity index (χ2v) is 7.70. The maximum absolute atomic E-state index is 11.5. The molecule has 0 radical (unpaired) electrons. The van der Waals surface area contributed by atoms with Gasteiger partial charge < -0.3 is 0 Å². The number of amides is 2. The van der Waals surface area contributed by atoms with Gasteiger partial charge in [0, 0.05) is 33.1 Å². The van der Waals surface area contributed by atoms with Gasteiger partial charge in [0.25, 0.3) is 0 Å². The quantitative estimate of drug-likeness (QED) is 0.313. The van der Waals surface area contributed by atoms with Crippen LogP contribution in [0, 0.1) is 0 Å². The zero-order valence-electron chi connectivity index (χ0n) is 9.22. The molecule has 0 atom stereocenters. The summed E-state index contributed by atoms with van der Waals surface area (Å²) in [6.07, 6.45) is 3.32. The summed E-state index contributed by atoms with van der Waals surface area (Å²) >= 11 is 10.3. The number of hydrogen-bond donors (Lipinski definition) is 2. The lowest BCUT2D eigenvalue weighted by Crippen LogP contribution is -2.11. The molecule has 0 aliphatic rings. The maximum atomic E-state index is 11.5. The fraction of sp³-hybridized carbons (Fsp3) is 0.250. The van der Waals surface area contributed by atoms with Gasteiger partial charge in [0.05, 0.1) is 0 Å². The van der Waals surface area contributed by atoms with E-state index in [1.165, 1.54) is 23.9 Å². The van der Waals surface area contributed by atoms with E-state index >= 15 is 0 Å². The molecule has 0 fully saturated rings. The highest BCUT2D eigenvalue weighted by Gasteiger charge is 2.17. The van der Waals surface area contributed by atoms with Crippen LogP contribution in [-0.2, 0) is 0 Å². The lowest BCUT2D eigenvalue weighted by atomic mass is 10.8. The van der Waals surface area contributed by atoms with Gasteiger partial charge in [0.15, 0.2) is 0 Å². The van der Waals surface area contributed by atoms with E-state index in [0.717, 1.165) is 29.0 Å². The molecule has 0 saturated carbocycles. The normalized spacial score (nSPS) is 9.67. The summed E-state index contributed by atoms with van der Waals surface area (Å²) in [4.78, 5) is 23.0. The van der Waals surface area contributed by atoms with Crippen LogP contribution in [0.2, 0.25) is 0 Å². The molecule has 0 rings (SSSR count). The summed E-state index contributed by atoms with van der Waals surface area (Å²) in [7, 11) is 1.60. The molecule has 0 aromatic heterocycles. The Balaban J connectivity index is 3.92. The van der Waals surface area contributed by atoms with Crippen LogP contribution in [0.3, 0.4) is 0 Å². The summed E-state index contributed by atoms with van der Waals surface area (Å²) in [5.74, 6) is 1.14. The molecule has 0 aliphatic carbocycles. The topological polar surface area (TPSA) is 40.6 Å². The van der Waals surface area contributed by atoms with Crippen molar-refractivity contribution in [1.82, 2.24) is 7.42 Å². The average Bonchev–Trinajstić information content (AvgIpc) is 2.38. The van der Waals surface area contributed by atoms with E-state index < -0.39 is 0 Å². The molecule has 0 aliphatic heterocycles. The van der Waals surface area contributed by atoms with Crippen molar-refractivity contribution in [3.63, 3.8) is 0 Å². The summed E-state index contributed by atoms with van der Waals surface area (Å²) in [6, 6.07) is 0. The second kappa shape index (κ2) is 11.4. The Morgan fingerprint density at radius 3 is 1.56 bits per heavy atom. The molecule has 0 bridgehead atoms. The number of rotatable bonds is 6. The SMILES string of the molecule is C=CCSN(S)C(=O)SSC(=O)N(S)SCC=C. The van der Waals surface area contributed by atoms with Crippen molar-refractivity contribution in [3.05, 3.63) is 25.3 Å². The molecule has 0 heterocycles. The van der Waals surface area contributed by atoms with E-state index in [9.17, 15) is 9.59 Å². The molecular formula is C8H12N2O2S6. The minimum Gasteiger partial charge on any atom is -0.259 e. The highest BCUT2D eigenvalue weighted by molar-refractivity contribution is 8.87. The minimum atomic E-state index is -0.334. The van der Waals surface area contributed by atoms with Crippen molar-refractivity contribution >= 4 is 81.6 Å². The van der Waals surface area contributed by atoms with Crippen molar-refractivity contribution < 1.29 is 9.59 Å². The maximum Gasteiger partial charge on any atom is 0.312 e. The van der Waals surface area contributed by atoms with E-state index in [0.29, 0.717) is 11.5 Å². The van der Waals surface area contributed by atoms with E-state index in [-0.39, 0.29) is 10.5 Å². The number of carbonyl (C=O) groups is 2. The molecule has 4 nitrogen and oxygen atoms in total. The Morgan fingerprint density at radius 2 is 1.28 bits per heavy atom. The third-order valence-corrected chi connectivity index (χ3v) is 6.11. The Morgan fingerprint density at radius 1 is 0.944 bits per heavy atom. The number of carbonyl (C=O) groups excluding carboxylic acids is 2. The number of nitrogens with zero attached hydrogens (tertiary/aromatic N) is 2. The molecule has 0 aromatic rings. The lowest BCUT2D eigenvalue weighted by molar-refractivity contribution is 0.258. The summed E-state index contributed by atoms with van der Waals surface area (Å²) < 4.78 is 2.32. The number of thiol groups is 2. The van der Waals surface area contributed by atoms with Crippen molar-refractivity contribution in [2.45, 2.75) is 0 Å². The summed E-state index contributed by atoms with van der Waals surface area (Å²) in [6.45, 7) is 7.06. The van der Waals surface area contributed by atoms with Gasteiger partial charge in [-0.15, -0.1) is 13.2 Å². The standard InChI is InChI=1S/C8H12N2O2S6/c1-3-5-15-9(13)7(11)17-18-8(12)10(14)16-6-4-2/h3-4,13-14H,1-2,5-6H2. The van der Waals surface area contributed by atoms with Gasteiger partial charge >= 0.3 is 10.5 Å². The van der Waals surface area contributed by atoms with Gasteiger partial charge in [0.1, 0.15) is 0 Å². The second-order valence-electron chi connectivity index (χ2n) is 2.41. The molecular weight excluding hydrogens is 349 g/mol. The monoisotopic (exact) mass is 360 g/mol. The Kier molecular flexibility index (Phi) is 11.7. The molecule has 0 unspecified atom stereocenters. The molecule has 102 valence electrons. The van der Waals surface area contributed by atoms with Gasteiger partial charge in [0.2, 0.25) is 0 Å². The van der Waals surface area contributed by atoms with Crippen LogP contribution in [0.25, 0.3) is 0 Å². The Hall–Kier alpha value is 0.520. The van der Waals surface area contributed by atoms with Crippen LogP contribution in [0.15, 0.2) is 25.3 Å². The molecule has 10 heteroatoms. The Bertz CT molecular complexity index is 284. The number of hydrogen-bond acceptors (Lipinski definition) is 8. The molecule has 0 aromatic carbocycles. The molecule has 18 heavy (non-hydrogen) atoms. The van der Waals surface area contributed by atoms with Crippen molar-refractivity contribution in [2.24, 2.45) is 0 Å². The highest BCUT2D eigenvalue weighted by atomic mass is 33.1. The van der Waals surface area contributed by atoms with Crippen LogP contribution >= 0.6 is 71.1 Å². The highest BCUT2D eigenvalue weighted by Crippen LogP contribution is 2.33. The van der Waals surface area contributed by atoms with Crippen LogP contribution in [0.5, 0.6) is 0 Å². The van der Waals surface area contributed by atoms with Crippen molar-refractivity contribution in [3.8, 4) is 0 Å². The predicted molar refractivity (Wildman–Crippen MR) is 92.9 cm³/mol. The van der Waals surface area contributed by atoms with Gasteiger partial charge in [-0.1, -0.05) is 37.8 Å². The fourth-order valence-electron chi connectivity index (χ4n) is 0.487. The van der Waals surface area contributed by atoms with Crippen molar-refractivity contribution in [1.29, 1.82) is 0 Å². The third kappa shape index (κ3) is 8.59. The summed E-state index contributed by atoms with van der Waals surface area (Å²) in [5, 5.41) is -0.669. The predicted octanol–water partition coefficient (Wildman–Crippen LogP) is 4.57. The lowest BCUT2D eigenvalue weighted by Gasteiger charge is -2.13. The molecule has 0 spiro atoms. The molecule has 0 saturated heterocycles. The zero-order chi connectivity index (χ0) is 14.0. The smallest absolute Gasteiger partial charge is 0.259 e. The Labute approximate surface area is 135 Å². The molecule has 2 amide bonds. The van der Waals surface area contributed by atoms with E-state index in [4.69, 9.17) is 0 Å². The third-order valence-electron chi connectivity index (χ3n) is 1.13. The first kappa shape index (κ1) is 18.5. The minimum absolute atomic E-state index is 0.334. The van der Waals surface area contributed by atoms with Gasteiger partial charge in [-0.25, -0.2) is 7.42 Å². The van der Waals surface area contributed by atoms with Crippen LogP contribution in [0.4, 0.5) is 9.59 Å². The van der Waals surface area contributed by atoms with Gasteiger partial charge in [-0.3, -0.25) is 9.59 Å². The fourth-order valence-corrected chi connectivity index (χ4v) is 4.14. The average molecular weight is 361 g/mol. The largest absolute Gasteiger partial charge is 0.312 e. The first-order valence-electron chi connectivity index (χ1n) is 4.41. The van der Waals surface area contributed by atoms with Crippen LogP contribution < -0.4 is 0 Å². The van der Waals surface area contributed by atoms with Crippen LogP contribution in [-0.4, -0.2) is 29.4 Å². The van der Waals surface area contributed by atoms with E-state index in [1.807, 2.05) is 0 Å². The van der Waals surface area contributed by atoms with Crippen molar-refractivity contribution in [2.75, 3.05) is 11.5 Å². The first-order chi connectivity index (χ1) is 8.52. The van der Waals surface area contributed by atoms with E-state index in [2.05, 4.69) is 38.8 Å². The summed E-state index contributed by atoms with van der Waals surface area (Å²) in [5.41, 5.74) is 0. The van der Waals surface area contributed by atoms with Gasteiger partial charge in [-0.2, -0.15) is 0 Å². The first-order valence-corrected chi connectivity index (χ1v) is 9.24. The van der Waals surface area contributed by atoms with E-state index in [1.54, 1.807) is 12.2 Å². The van der Waals surface area contributed by atoms with Gasteiger partial charge in [-0.05, 0) is 23.9 Å². The van der Waals surface area contributed by atoms with Crippen LogP contribution in [0.1, 0.15) is 0 Å². The zero-order valence-corrected chi connectivity index (χ0v) is 14.3. The molecule has 0 N–H and O–H groups in total.